The van der Waals surface area contributed by atoms with Gasteiger partial charge in [-0.05, 0) is 24.7 Å². The van der Waals surface area contributed by atoms with E-state index in [2.05, 4.69) is 5.32 Å². The summed E-state index contributed by atoms with van der Waals surface area (Å²) in [6.45, 7) is 0.441. The molecular weight excluding hydrogens is 230 g/mol. The van der Waals surface area contributed by atoms with Crippen LogP contribution in [0.15, 0.2) is 18.2 Å². The first-order chi connectivity index (χ1) is 7.67. The van der Waals surface area contributed by atoms with Crippen molar-refractivity contribution >= 4 is 11.6 Å². The van der Waals surface area contributed by atoms with Crippen LogP contribution in [0.5, 0.6) is 5.75 Å². The second kappa shape index (κ2) is 6.70. The standard InChI is InChI=1S/C11H16ClNO3/c1-13-5-8-2-3-11(10(12)4-8)16-7-9(15)6-14/h2-4,9,13-15H,5-7H2,1H3. The highest BCUT2D eigenvalue weighted by Gasteiger charge is 2.06. The second-order valence-corrected chi connectivity index (χ2v) is 3.85. The summed E-state index contributed by atoms with van der Waals surface area (Å²) in [6, 6.07) is 5.45. The molecule has 0 fully saturated rings. The maximum absolute atomic E-state index is 9.12. The van der Waals surface area contributed by atoms with E-state index in [0.717, 1.165) is 12.1 Å². The lowest BCUT2D eigenvalue weighted by atomic mass is 10.2. The highest BCUT2D eigenvalue weighted by atomic mass is 35.5. The first-order valence-electron chi connectivity index (χ1n) is 5.02. The fourth-order valence-electron chi connectivity index (χ4n) is 1.21. The summed E-state index contributed by atoms with van der Waals surface area (Å²) in [5.41, 5.74) is 1.06. The van der Waals surface area contributed by atoms with Gasteiger partial charge in [0.05, 0.1) is 11.6 Å². The average molecular weight is 246 g/mol. The van der Waals surface area contributed by atoms with Crippen LogP contribution in [0.2, 0.25) is 5.02 Å². The number of nitrogens with one attached hydrogen (secondary N) is 1. The molecule has 0 bridgehead atoms. The Labute approximate surface area is 99.8 Å². The Morgan fingerprint density at radius 2 is 2.25 bits per heavy atom. The van der Waals surface area contributed by atoms with Crippen molar-refractivity contribution in [3.8, 4) is 5.75 Å². The van der Waals surface area contributed by atoms with E-state index in [1.54, 1.807) is 12.1 Å². The Kier molecular flexibility index (Phi) is 5.55. The molecule has 1 atom stereocenters. The van der Waals surface area contributed by atoms with Crippen molar-refractivity contribution in [2.24, 2.45) is 0 Å². The summed E-state index contributed by atoms with van der Waals surface area (Å²) < 4.78 is 5.26. The van der Waals surface area contributed by atoms with Crippen LogP contribution in [-0.2, 0) is 6.54 Å². The van der Waals surface area contributed by atoms with Crippen molar-refractivity contribution in [2.75, 3.05) is 20.3 Å². The summed E-state index contributed by atoms with van der Waals surface area (Å²) in [4.78, 5) is 0. The molecule has 90 valence electrons. The van der Waals surface area contributed by atoms with Crippen LogP contribution in [0, 0.1) is 0 Å². The minimum absolute atomic E-state index is 0.0294. The first kappa shape index (κ1) is 13.3. The molecule has 0 radical (unpaired) electrons. The number of hydrogen-bond donors (Lipinski definition) is 3. The van der Waals surface area contributed by atoms with Crippen molar-refractivity contribution < 1.29 is 14.9 Å². The Bertz CT molecular complexity index is 333. The minimum Gasteiger partial charge on any atom is -0.489 e. The molecule has 16 heavy (non-hydrogen) atoms. The van der Waals surface area contributed by atoms with Gasteiger partial charge in [0.25, 0.3) is 0 Å². The van der Waals surface area contributed by atoms with Gasteiger partial charge in [0.1, 0.15) is 18.5 Å². The fourth-order valence-corrected chi connectivity index (χ4v) is 1.47. The number of aliphatic hydroxyl groups excluding tert-OH is 2. The Hall–Kier alpha value is -0.810. The van der Waals surface area contributed by atoms with Crippen LogP contribution < -0.4 is 10.1 Å². The van der Waals surface area contributed by atoms with E-state index in [4.69, 9.17) is 26.6 Å². The number of rotatable bonds is 6. The molecule has 3 N–H and O–H groups in total. The van der Waals surface area contributed by atoms with Crippen LogP contribution in [0.25, 0.3) is 0 Å². The van der Waals surface area contributed by atoms with Gasteiger partial charge in [0.15, 0.2) is 0 Å². The quantitative estimate of drug-likeness (QED) is 0.694. The number of halogens is 1. The largest absolute Gasteiger partial charge is 0.489 e. The Morgan fingerprint density at radius 3 is 2.81 bits per heavy atom. The van der Waals surface area contributed by atoms with Gasteiger partial charge >= 0.3 is 0 Å². The van der Waals surface area contributed by atoms with Gasteiger partial charge in [-0.1, -0.05) is 17.7 Å². The molecular formula is C11H16ClNO3. The SMILES string of the molecule is CNCc1ccc(OCC(O)CO)c(Cl)c1. The van der Waals surface area contributed by atoms with Crippen molar-refractivity contribution in [2.45, 2.75) is 12.6 Å². The van der Waals surface area contributed by atoms with Crippen LogP contribution in [0.1, 0.15) is 5.56 Å². The Balaban J connectivity index is 2.60. The van der Waals surface area contributed by atoms with E-state index >= 15 is 0 Å². The maximum Gasteiger partial charge on any atom is 0.138 e. The molecule has 0 aliphatic rings. The van der Waals surface area contributed by atoms with Crippen LogP contribution in [-0.4, -0.2) is 36.6 Å². The first-order valence-corrected chi connectivity index (χ1v) is 5.40. The van der Waals surface area contributed by atoms with E-state index in [-0.39, 0.29) is 13.2 Å². The van der Waals surface area contributed by atoms with Crippen molar-refractivity contribution in [3.63, 3.8) is 0 Å². The molecule has 0 aliphatic heterocycles. The monoisotopic (exact) mass is 245 g/mol. The second-order valence-electron chi connectivity index (χ2n) is 3.44. The van der Waals surface area contributed by atoms with Crippen molar-refractivity contribution in [1.29, 1.82) is 0 Å². The van der Waals surface area contributed by atoms with Crippen molar-refractivity contribution in [3.05, 3.63) is 28.8 Å². The highest BCUT2D eigenvalue weighted by Crippen LogP contribution is 2.25. The third-order valence-corrected chi connectivity index (χ3v) is 2.31. The molecule has 1 rings (SSSR count). The smallest absolute Gasteiger partial charge is 0.138 e. The lowest BCUT2D eigenvalue weighted by Gasteiger charge is -2.11. The molecule has 1 aromatic carbocycles. The lowest BCUT2D eigenvalue weighted by Crippen LogP contribution is -2.21. The molecule has 0 spiro atoms. The summed E-state index contributed by atoms with van der Waals surface area (Å²) in [5, 5.41) is 21.3. The molecule has 0 amide bonds. The third kappa shape index (κ3) is 3.98. The lowest BCUT2D eigenvalue weighted by molar-refractivity contribution is 0.0536. The average Bonchev–Trinajstić information content (AvgIpc) is 2.28. The predicted octanol–water partition coefficient (Wildman–Crippen LogP) is 0.791. The van der Waals surface area contributed by atoms with Gasteiger partial charge < -0.3 is 20.3 Å². The van der Waals surface area contributed by atoms with Gasteiger partial charge in [-0.3, -0.25) is 0 Å². The molecule has 0 aromatic heterocycles. The topological polar surface area (TPSA) is 61.7 Å². The fraction of sp³-hybridized carbons (Fsp3) is 0.455. The summed E-state index contributed by atoms with van der Waals surface area (Å²) in [6.07, 6.45) is -0.881. The molecule has 0 aliphatic carbocycles. The molecule has 0 heterocycles. The minimum atomic E-state index is -0.881. The van der Waals surface area contributed by atoms with E-state index in [0.29, 0.717) is 10.8 Å². The number of ether oxygens (including phenoxy) is 1. The Morgan fingerprint density at radius 1 is 1.50 bits per heavy atom. The van der Waals surface area contributed by atoms with Gasteiger partial charge in [-0.2, -0.15) is 0 Å². The van der Waals surface area contributed by atoms with E-state index in [1.165, 1.54) is 0 Å². The van der Waals surface area contributed by atoms with Gasteiger partial charge in [0, 0.05) is 6.54 Å². The normalized spacial score (nSPS) is 12.5. The van der Waals surface area contributed by atoms with E-state index in [9.17, 15) is 0 Å². The molecule has 0 saturated heterocycles. The highest BCUT2D eigenvalue weighted by molar-refractivity contribution is 6.32. The zero-order chi connectivity index (χ0) is 12.0. The molecule has 5 heteroatoms. The van der Waals surface area contributed by atoms with Gasteiger partial charge in [-0.15, -0.1) is 0 Å². The summed E-state index contributed by atoms with van der Waals surface area (Å²) >= 11 is 5.99. The number of aliphatic hydroxyl groups is 2. The number of hydrogen-bond acceptors (Lipinski definition) is 4. The molecule has 1 aromatic rings. The van der Waals surface area contributed by atoms with Crippen LogP contribution in [0.3, 0.4) is 0 Å². The number of benzene rings is 1. The molecule has 4 nitrogen and oxygen atoms in total. The third-order valence-electron chi connectivity index (χ3n) is 2.02. The zero-order valence-electron chi connectivity index (χ0n) is 9.11. The van der Waals surface area contributed by atoms with Gasteiger partial charge in [0.2, 0.25) is 0 Å². The van der Waals surface area contributed by atoms with Crippen molar-refractivity contribution in [1.82, 2.24) is 5.32 Å². The predicted molar refractivity (Wildman–Crippen MR) is 62.8 cm³/mol. The summed E-state index contributed by atoms with van der Waals surface area (Å²) in [5.74, 6) is 0.508. The maximum atomic E-state index is 9.12. The van der Waals surface area contributed by atoms with Crippen LogP contribution >= 0.6 is 11.6 Å². The van der Waals surface area contributed by atoms with E-state index < -0.39 is 6.10 Å². The van der Waals surface area contributed by atoms with Crippen LogP contribution in [0.4, 0.5) is 0 Å². The molecule has 0 saturated carbocycles. The van der Waals surface area contributed by atoms with E-state index in [1.807, 2.05) is 13.1 Å². The zero-order valence-corrected chi connectivity index (χ0v) is 9.87. The van der Waals surface area contributed by atoms with Gasteiger partial charge in [-0.25, -0.2) is 0 Å². The molecule has 1 unspecified atom stereocenters. The summed E-state index contributed by atoms with van der Waals surface area (Å²) in [7, 11) is 1.86.